The van der Waals surface area contributed by atoms with E-state index in [2.05, 4.69) is 19.2 Å². The zero-order valence-corrected chi connectivity index (χ0v) is 18.2. The maximum absolute atomic E-state index is 11.6. The SMILES string of the molecule is CC(C)CCCCCCCCCCCCCCCC(O)C(=O)CNCCO. The molecule has 3 N–H and O–H groups in total. The van der Waals surface area contributed by atoms with Gasteiger partial charge in [0, 0.05) is 6.54 Å². The highest BCUT2D eigenvalue weighted by atomic mass is 16.3. The van der Waals surface area contributed by atoms with Gasteiger partial charge in [0.15, 0.2) is 5.78 Å². The molecular formula is C23H47NO3. The minimum atomic E-state index is -0.846. The molecule has 27 heavy (non-hydrogen) atoms. The van der Waals surface area contributed by atoms with Crippen molar-refractivity contribution in [3.8, 4) is 0 Å². The van der Waals surface area contributed by atoms with E-state index >= 15 is 0 Å². The Morgan fingerprint density at radius 1 is 0.741 bits per heavy atom. The molecule has 0 aromatic rings. The van der Waals surface area contributed by atoms with Crippen molar-refractivity contribution in [3.63, 3.8) is 0 Å². The van der Waals surface area contributed by atoms with Crippen molar-refractivity contribution in [2.45, 2.75) is 116 Å². The summed E-state index contributed by atoms with van der Waals surface area (Å²) in [5.41, 5.74) is 0. The number of carbonyl (C=O) groups is 1. The molecule has 0 spiro atoms. The van der Waals surface area contributed by atoms with E-state index in [4.69, 9.17) is 5.11 Å². The Hall–Kier alpha value is -0.450. The lowest BCUT2D eigenvalue weighted by Crippen LogP contribution is -2.33. The second-order valence-electron chi connectivity index (χ2n) is 8.45. The van der Waals surface area contributed by atoms with Crippen LogP contribution in [0.2, 0.25) is 0 Å². The van der Waals surface area contributed by atoms with Gasteiger partial charge in [0.05, 0.1) is 13.2 Å². The fraction of sp³-hybridized carbons (Fsp3) is 0.957. The number of ketones is 1. The Morgan fingerprint density at radius 2 is 1.15 bits per heavy atom. The third kappa shape index (κ3) is 20.1. The number of unbranched alkanes of at least 4 members (excludes halogenated alkanes) is 12. The fourth-order valence-corrected chi connectivity index (χ4v) is 3.40. The van der Waals surface area contributed by atoms with Crippen molar-refractivity contribution >= 4 is 5.78 Å². The zero-order chi connectivity index (χ0) is 20.2. The second kappa shape index (κ2) is 20.3. The van der Waals surface area contributed by atoms with E-state index in [0.29, 0.717) is 13.0 Å². The Kier molecular flexibility index (Phi) is 20.0. The molecule has 0 aliphatic rings. The molecule has 0 fully saturated rings. The third-order valence-electron chi connectivity index (χ3n) is 5.22. The topological polar surface area (TPSA) is 69.6 Å². The van der Waals surface area contributed by atoms with Crippen LogP contribution in [-0.2, 0) is 4.79 Å². The van der Waals surface area contributed by atoms with Gasteiger partial charge in [0.1, 0.15) is 6.10 Å². The van der Waals surface area contributed by atoms with Gasteiger partial charge in [-0.1, -0.05) is 104 Å². The van der Waals surface area contributed by atoms with Crippen LogP contribution < -0.4 is 5.32 Å². The minimum Gasteiger partial charge on any atom is -0.395 e. The number of rotatable bonds is 21. The van der Waals surface area contributed by atoms with E-state index in [1.165, 1.54) is 77.0 Å². The molecule has 1 unspecified atom stereocenters. The molecule has 0 aromatic carbocycles. The molecule has 0 saturated heterocycles. The smallest absolute Gasteiger partial charge is 0.174 e. The molecule has 4 nitrogen and oxygen atoms in total. The van der Waals surface area contributed by atoms with Gasteiger partial charge in [-0.25, -0.2) is 0 Å². The molecule has 4 heteroatoms. The van der Waals surface area contributed by atoms with Crippen molar-refractivity contribution in [1.29, 1.82) is 0 Å². The summed E-state index contributed by atoms with van der Waals surface area (Å²) in [7, 11) is 0. The lowest BCUT2D eigenvalue weighted by Gasteiger charge is -2.10. The summed E-state index contributed by atoms with van der Waals surface area (Å²) in [5.74, 6) is 0.695. The lowest BCUT2D eigenvalue weighted by atomic mass is 10.0. The van der Waals surface area contributed by atoms with Crippen LogP contribution in [0.4, 0.5) is 0 Å². The standard InChI is InChI=1S/C23H47NO3/c1-21(2)16-14-12-10-8-6-4-3-5-7-9-11-13-15-17-22(26)23(27)20-24-18-19-25/h21-22,24-26H,3-20H2,1-2H3. The first-order valence-corrected chi connectivity index (χ1v) is 11.6. The van der Waals surface area contributed by atoms with Gasteiger partial charge in [-0.3, -0.25) is 4.79 Å². The summed E-state index contributed by atoms with van der Waals surface area (Å²) in [5, 5.41) is 21.2. The van der Waals surface area contributed by atoms with E-state index in [-0.39, 0.29) is 18.9 Å². The predicted octanol–water partition coefficient (Wildman–Crippen LogP) is 5.01. The molecule has 0 aliphatic heterocycles. The number of hydrogen-bond donors (Lipinski definition) is 3. The van der Waals surface area contributed by atoms with Crippen molar-refractivity contribution in [2.24, 2.45) is 5.92 Å². The molecule has 0 radical (unpaired) electrons. The number of Topliss-reactive ketones (excluding diaryl/α,β-unsaturated/α-hetero) is 1. The van der Waals surface area contributed by atoms with Gasteiger partial charge >= 0.3 is 0 Å². The van der Waals surface area contributed by atoms with Crippen LogP contribution in [0.15, 0.2) is 0 Å². The van der Waals surface area contributed by atoms with Crippen LogP contribution in [0.5, 0.6) is 0 Å². The summed E-state index contributed by atoms with van der Waals surface area (Å²) >= 11 is 0. The largest absolute Gasteiger partial charge is 0.395 e. The van der Waals surface area contributed by atoms with Crippen molar-refractivity contribution in [2.75, 3.05) is 19.7 Å². The van der Waals surface area contributed by atoms with Crippen LogP contribution in [0.1, 0.15) is 110 Å². The fourth-order valence-electron chi connectivity index (χ4n) is 3.40. The summed E-state index contributed by atoms with van der Waals surface area (Å²) in [4.78, 5) is 11.6. The maximum atomic E-state index is 11.6. The summed E-state index contributed by atoms with van der Waals surface area (Å²) in [6.45, 7) is 5.19. The third-order valence-corrected chi connectivity index (χ3v) is 5.22. The Labute approximate surface area is 168 Å². The quantitative estimate of drug-likeness (QED) is 0.243. The maximum Gasteiger partial charge on any atom is 0.174 e. The first kappa shape index (κ1) is 26.6. The van der Waals surface area contributed by atoms with Crippen molar-refractivity contribution < 1.29 is 15.0 Å². The van der Waals surface area contributed by atoms with Gasteiger partial charge < -0.3 is 15.5 Å². The molecule has 162 valence electrons. The normalized spacial score (nSPS) is 12.6. The average Bonchev–Trinajstić information content (AvgIpc) is 2.64. The highest BCUT2D eigenvalue weighted by Crippen LogP contribution is 2.14. The number of hydrogen-bond acceptors (Lipinski definition) is 4. The van der Waals surface area contributed by atoms with Crippen LogP contribution in [0.25, 0.3) is 0 Å². The number of nitrogens with one attached hydrogen (secondary N) is 1. The highest BCUT2D eigenvalue weighted by molar-refractivity contribution is 5.84. The number of aliphatic hydroxyl groups is 2. The molecule has 0 bridgehead atoms. The van der Waals surface area contributed by atoms with Crippen molar-refractivity contribution in [3.05, 3.63) is 0 Å². The van der Waals surface area contributed by atoms with E-state index < -0.39 is 6.10 Å². The van der Waals surface area contributed by atoms with Crippen LogP contribution >= 0.6 is 0 Å². The molecule has 0 aliphatic carbocycles. The lowest BCUT2D eigenvalue weighted by molar-refractivity contribution is -0.126. The summed E-state index contributed by atoms with van der Waals surface area (Å²) < 4.78 is 0. The Morgan fingerprint density at radius 3 is 1.56 bits per heavy atom. The predicted molar refractivity (Wildman–Crippen MR) is 115 cm³/mol. The Bertz CT molecular complexity index is 321. The van der Waals surface area contributed by atoms with Crippen LogP contribution in [0.3, 0.4) is 0 Å². The van der Waals surface area contributed by atoms with Crippen LogP contribution in [-0.4, -0.2) is 41.8 Å². The van der Waals surface area contributed by atoms with E-state index in [1.54, 1.807) is 0 Å². The van der Waals surface area contributed by atoms with Crippen LogP contribution in [0, 0.1) is 5.92 Å². The first-order valence-electron chi connectivity index (χ1n) is 11.6. The average molecular weight is 386 g/mol. The number of aliphatic hydroxyl groups excluding tert-OH is 2. The molecular weight excluding hydrogens is 338 g/mol. The Balaban J connectivity index is 3.21. The van der Waals surface area contributed by atoms with Gasteiger partial charge in [-0.2, -0.15) is 0 Å². The minimum absolute atomic E-state index is 0.0157. The van der Waals surface area contributed by atoms with Gasteiger partial charge in [0.25, 0.3) is 0 Å². The van der Waals surface area contributed by atoms with Gasteiger partial charge in [0.2, 0.25) is 0 Å². The van der Waals surface area contributed by atoms with E-state index in [1.807, 2.05) is 0 Å². The molecule has 0 rings (SSSR count). The zero-order valence-electron chi connectivity index (χ0n) is 18.2. The monoisotopic (exact) mass is 385 g/mol. The molecule has 1 atom stereocenters. The number of carbonyl (C=O) groups excluding carboxylic acids is 1. The van der Waals surface area contributed by atoms with E-state index in [0.717, 1.165) is 18.8 Å². The molecule has 0 aromatic heterocycles. The highest BCUT2D eigenvalue weighted by Gasteiger charge is 2.13. The van der Waals surface area contributed by atoms with E-state index in [9.17, 15) is 9.90 Å². The molecule has 0 heterocycles. The first-order chi connectivity index (χ1) is 13.1. The van der Waals surface area contributed by atoms with Gasteiger partial charge in [-0.15, -0.1) is 0 Å². The molecule has 0 saturated carbocycles. The summed E-state index contributed by atoms with van der Waals surface area (Å²) in [6.07, 6.45) is 18.1. The molecule has 0 amide bonds. The van der Waals surface area contributed by atoms with Crippen molar-refractivity contribution in [1.82, 2.24) is 5.32 Å². The second-order valence-corrected chi connectivity index (χ2v) is 8.45. The summed E-state index contributed by atoms with van der Waals surface area (Å²) in [6, 6.07) is 0. The van der Waals surface area contributed by atoms with Gasteiger partial charge in [-0.05, 0) is 12.3 Å².